The van der Waals surface area contributed by atoms with Crippen molar-refractivity contribution in [1.29, 1.82) is 0 Å². The molecule has 2 heterocycles. The molecule has 1 N–H and O–H groups in total. The molecule has 0 aliphatic carbocycles. The van der Waals surface area contributed by atoms with Crippen molar-refractivity contribution in [3.8, 4) is 5.75 Å². The molecule has 1 saturated heterocycles. The van der Waals surface area contributed by atoms with E-state index < -0.39 is 0 Å². The third-order valence-electron chi connectivity index (χ3n) is 7.90. The Morgan fingerprint density at radius 2 is 1.62 bits per heavy atom. The summed E-state index contributed by atoms with van der Waals surface area (Å²) < 4.78 is 20.4. The minimum absolute atomic E-state index is 0.0206. The van der Waals surface area contributed by atoms with Crippen LogP contribution in [0.2, 0.25) is 0 Å². The van der Waals surface area contributed by atoms with E-state index in [0.717, 1.165) is 31.8 Å². The van der Waals surface area contributed by atoms with E-state index in [9.17, 15) is 0 Å². The van der Waals surface area contributed by atoms with Crippen molar-refractivity contribution in [3.05, 3.63) is 126 Å². The number of piperidine rings is 1. The first kappa shape index (κ1) is 28.1. The molecule has 3 unspecified atom stereocenters. The molecule has 7 heteroatoms. The van der Waals surface area contributed by atoms with Gasteiger partial charge in [-0.2, -0.15) is 5.10 Å². The molecule has 1 aliphatic heterocycles. The first-order chi connectivity index (χ1) is 20.8. The predicted molar refractivity (Wildman–Crippen MR) is 164 cm³/mol. The van der Waals surface area contributed by atoms with Crippen molar-refractivity contribution in [3.63, 3.8) is 0 Å². The van der Waals surface area contributed by atoms with E-state index in [1.165, 1.54) is 27.5 Å². The molecule has 0 spiro atoms. The van der Waals surface area contributed by atoms with Gasteiger partial charge < -0.3 is 19.5 Å². The Morgan fingerprint density at radius 1 is 0.786 bits per heavy atom. The smallest absolute Gasteiger partial charge is 0.137 e. The fourth-order valence-corrected chi connectivity index (χ4v) is 5.80. The van der Waals surface area contributed by atoms with E-state index in [0.29, 0.717) is 32.3 Å². The molecular weight excluding hydrogens is 524 g/mol. The molecule has 0 saturated carbocycles. The van der Waals surface area contributed by atoms with Gasteiger partial charge in [-0.1, -0.05) is 78.9 Å². The van der Waals surface area contributed by atoms with Crippen LogP contribution in [0.3, 0.4) is 0 Å². The molecule has 0 amide bonds. The number of hydrogen-bond acceptors (Lipinski definition) is 6. The summed E-state index contributed by atoms with van der Waals surface area (Å²) in [7, 11) is 0. The van der Waals surface area contributed by atoms with Gasteiger partial charge >= 0.3 is 0 Å². The normalized spacial score (nSPS) is 18.7. The van der Waals surface area contributed by atoms with Gasteiger partial charge in [0.1, 0.15) is 18.4 Å². The standard InChI is InChI=1S/C35H38N4O3/c1-2-7-27(8-3-1)23-40-17-6-18-41-33-15-13-30(14-16-33)35-32(22-39-26-37-25-38-39)20-36-21-34(35)42-24-28-11-12-29-9-4-5-10-31(29)19-28/h1-5,7-16,19,25-26,32,34-36H,6,17-18,20-24H2. The minimum atomic E-state index is 0.0206. The van der Waals surface area contributed by atoms with Crippen LogP contribution in [-0.4, -0.2) is 47.2 Å². The van der Waals surface area contributed by atoms with Crippen LogP contribution in [0.15, 0.2) is 110 Å². The molecule has 6 rings (SSSR count). The summed E-state index contributed by atoms with van der Waals surface area (Å²) in [5.74, 6) is 1.38. The van der Waals surface area contributed by atoms with Crippen molar-refractivity contribution < 1.29 is 14.2 Å². The summed E-state index contributed by atoms with van der Waals surface area (Å²) in [5.41, 5.74) is 3.62. The van der Waals surface area contributed by atoms with E-state index in [1.807, 2.05) is 22.9 Å². The molecule has 1 aliphatic rings. The van der Waals surface area contributed by atoms with Crippen molar-refractivity contribution in [2.75, 3.05) is 26.3 Å². The van der Waals surface area contributed by atoms with Crippen LogP contribution in [0.1, 0.15) is 29.0 Å². The Hall–Kier alpha value is -4.04. The monoisotopic (exact) mass is 562 g/mol. The molecule has 42 heavy (non-hydrogen) atoms. The van der Waals surface area contributed by atoms with E-state index >= 15 is 0 Å². The first-order valence-corrected chi connectivity index (χ1v) is 14.8. The highest BCUT2D eigenvalue weighted by Crippen LogP contribution is 2.35. The minimum Gasteiger partial charge on any atom is -0.494 e. The maximum atomic E-state index is 6.65. The molecule has 0 bridgehead atoms. The lowest BCUT2D eigenvalue weighted by Crippen LogP contribution is -2.48. The van der Waals surface area contributed by atoms with E-state index in [1.54, 1.807) is 12.7 Å². The van der Waals surface area contributed by atoms with Gasteiger partial charge in [0.25, 0.3) is 0 Å². The Bertz CT molecular complexity index is 1510. The highest BCUT2D eigenvalue weighted by Gasteiger charge is 2.35. The highest BCUT2D eigenvalue weighted by molar-refractivity contribution is 5.82. The van der Waals surface area contributed by atoms with Crippen LogP contribution >= 0.6 is 0 Å². The van der Waals surface area contributed by atoms with Crippen LogP contribution in [0, 0.1) is 5.92 Å². The average molecular weight is 563 g/mol. The van der Waals surface area contributed by atoms with Crippen LogP contribution in [-0.2, 0) is 29.2 Å². The number of hydrogen-bond donors (Lipinski definition) is 1. The topological polar surface area (TPSA) is 70.4 Å². The quantitative estimate of drug-likeness (QED) is 0.177. The third-order valence-corrected chi connectivity index (χ3v) is 7.90. The van der Waals surface area contributed by atoms with E-state index in [2.05, 4.69) is 94.3 Å². The van der Waals surface area contributed by atoms with Crippen LogP contribution in [0.5, 0.6) is 5.75 Å². The van der Waals surface area contributed by atoms with Crippen LogP contribution in [0.4, 0.5) is 0 Å². The average Bonchev–Trinajstić information content (AvgIpc) is 3.56. The van der Waals surface area contributed by atoms with E-state index in [4.69, 9.17) is 14.2 Å². The number of rotatable bonds is 13. The Labute approximate surface area is 247 Å². The highest BCUT2D eigenvalue weighted by atomic mass is 16.5. The van der Waals surface area contributed by atoms with Crippen molar-refractivity contribution in [2.45, 2.75) is 38.2 Å². The van der Waals surface area contributed by atoms with Gasteiger partial charge in [0, 0.05) is 37.9 Å². The van der Waals surface area contributed by atoms with Crippen molar-refractivity contribution in [2.24, 2.45) is 5.92 Å². The van der Waals surface area contributed by atoms with Gasteiger partial charge in [0.2, 0.25) is 0 Å². The lowest BCUT2D eigenvalue weighted by Gasteiger charge is -2.39. The summed E-state index contributed by atoms with van der Waals surface area (Å²) >= 11 is 0. The Morgan fingerprint density at radius 3 is 2.45 bits per heavy atom. The fraction of sp³-hybridized carbons (Fsp3) is 0.314. The summed E-state index contributed by atoms with van der Waals surface area (Å²) in [6.45, 7) is 4.95. The summed E-state index contributed by atoms with van der Waals surface area (Å²) in [6, 6.07) is 33.8. The Kier molecular flexibility index (Phi) is 9.52. The summed E-state index contributed by atoms with van der Waals surface area (Å²) in [6.07, 6.45) is 4.25. The lowest BCUT2D eigenvalue weighted by molar-refractivity contribution is -0.00906. The van der Waals surface area contributed by atoms with E-state index in [-0.39, 0.29) is 12.0 Å². The van der Waals surface area contributed by atoms with Gasteiger partial charge in [0.05, 0.1) is 32.5 Å². The summed E-state index contributed by atoms with van der Waals surface area (Å²) in [5, 5.41) is 10.5. The zero-order chi connectivity index (χ0) is 28.4. The number of nitrogens with zero attached hydrogens (tertiary/aromatic N) is 3. The molecule has 7 nitrogen and oxygen atoms in total. The van der Waals surface area contributed by atoms with Gasteiger partial charge in [-0.15, -0.1) is 0 Å². The SMILES string of the molecule is c1ccc(COCCCOc2ccc(C3C(Cn4cncn4)CNCC3OCc3ccc4ccccc4c3)cc2)cc1. The number of aromatic nitrogens is 3. The second kappa shape index (κ2) is 14.2. The molecule has 1 fully saturated rings. The second-order valence-electron chi connectivity index (χ2n) is 10.9. The molecule has 3 atom stereocenters. The van der Waals surface area contributed by atoms with Gasteiger partial charge in [-0.05, 0) is 45.7 Å². The first-order valence-electron chi connectivity index (χ1n) is 14.8. The van der Waals surface area contributed by atoms with Crippen LogP contribution < -0.4 is 10.1 Å². The van der Waals surface area contributed by atoms with Gasteiger partial charge in [0.15, 0.2) is 0 Å². The lowest BCUT2D eigenvalue weighted by atomic mass is 9.79. The largest absolute Gasteiger partial charge is 0.494 e. The molecule has 5 aromatic rings. The second-order valence-corrected chi connectivity index (χ2v) is 10.9. The zero-order valence-corrected chi connectivity index (χ0v) is 23.8. The van der Waals surface area contributed by atoms with Gasteiger partial charge in [-0.3, -0.25) is 4.68 Å². The maximum absolute atomic E-state index is 6.65. The maximum Gasteiger partial charge on any atom is 0.137 e. The Balaban J connectivity index is 1.08. The molecule has 4 aromatic carbocycles. The number of fused-ring (bicyclic) bond motifs is 1. The van der Waals surface area contributed by atoms with Gasteiger partial charge in [-0.25, -0.2) is 4.98 Å². The zero-order valence-electron chi connectivity index (χ0n) is 23.8. The molecule has 216 valence electrons. The van der Waals surface area contributed by atoms with Crippen LogP contribution in [0.25, 0.3) is 10.8 Å². The number of ether oxygens (including phenoxy) is 3. The van der Waals surface area contributed by atoms with Crippen molar-refractivity contribution in [1.82, 2.24) is 20.1 Å². The molecular formula is C35H38N4O3. The number of nitrogens with one attached hydrogen (secondary N) is 1. The molecule has 1 aromatic heterocycles. The fourth-order valence-electron chi connectivity index (χ4n) is 5.80. The summed E-state index contributed by atoms with van der Waals surface area (Å²) in [4.78, 5) is 4.15. The van der Waals surface area contributed by atoms with Crippen molar-refractivity contribution >= 4 is 10.8 Å². The number of benzene rings is 4. The molecule has 0 radical (unpaired) electrons. The third kappa shape index (κ3) is 7.42. The predicted octanol–water partition coefficient (Wildman–Crippen LogP) is 6.01.